The second-order valence-corrected chi connectivity index (χ2v) is 4.30. The van der Waals surface area contributed by atoms with Crippen LogP contribution in [0.1, 0.15) is 0 Å². The van der Waals surface area contributed by atoms with Crippen molar-refractivity contribution in [1.29, 1.82) is 0 Å². The van der Waals surface area contributed by atoms with Crippen LogP contribution in [0, 0.1) is 0 Å². The number of methoxy groups -OCH3 is 4. The number of benzene rings is 2. The Bertz CT molecular complexity index is 612. The lowest BCUT2D eigenvalue weighted by Crippen LogP contribution is -1.93. The lowest BCUT2D eigenvalue weighted by atomic mass is 10.0. The van der Waals surface area contributed by atoms with Crippen molar-refractivity contribution in [2.45, 2.75) is 0 Å². The van der Waals surface area contributed by atoms with Gasteiger partial charge in [-0.2, -0.15) is 0 Å². The predicted molar refractivity (Wildman–Crippen MR) is 79.8 cm³/mol. The van der Waals surface area contributed by atoms with Gasteiger partial charge in [-0.05, 0) is 29.8 Å². The third kappa shape index (κ3) is 2.81. The first-order valence-electron chi connectivity index (χ1n) is 6.32. The van der Waals surface area contributed by atoms with E-state index in [2.05, 4.69) is 0 Å². The summed E-state index contributed by atoms with van der Waals surface area (Å²) < 4.78 is 20.9. The normalized spacial score (nSPS) is 10.1. The summed E-state index contributed by atoms with van der Waals surface area (Å²) in [5.41, 5.74) is 1.65. The molecule has 112 valence electrons. The maximum Gasteiger partial charge on any atom is 0.200 e. The minimum absolute atomic E-state index is 0.0313. The molecule has 5 nitrogen and oxygen atoms in total. The van der Waals surface area contributed by atoms with Gasteiger partial charge in [0, 0.05) is 11.6 Å². The first-order valence-corrected chi connectivity index (χ1v) is 6.32. The number of aromatic hydroxyl groups is 1. The van der Waals surface area contributed by atoms with E-state index in [4.69, 9.17) is 18.9 Å². The Balaban J connectivity index is 2.61. The zero-order chi connectivity index (χ0) is 15.4. The molecule has 0 unspecified atom stereocenters. The molecule has 0 amide bonds. The molecule has 2 aromatic rings. The van der Waals surface area contributed by atoms with Crippen molar-refractivity contribution in [2.75, 3.05) is 28.4 Å². The molecule has 0 spiro atoms. The molecule has 0 saturated carbocycles. The van der Waals surface area contributed by atoms with E-state index in [1.54, 1.807) is 32.4 Å². The highest BCUT2D eigenvalue weighted by Gasteiger charge is 2.15. The lowest BCUT2D eigenvalue weighted by molar-refractivity contribution is 0.340. The summed E-state index contributed by atoms with van der Waals surface area (Å²) in [6.07, 6.45) is 0. The van der Waals surface area contributed by atoms with Crippen LogP contribution >= 0.6 is 0 Å². The average molecular weight is 290 g/mol. The molecule has 0 aliphatic carbocycles. The highest BCUT2D eigenvalue weighted by molar-refractivity contribution is 5.76. The van der Waals surface area contributed by atoms with E-state index in [-0.39, 0.29) is 5.75 Å². The number of ether oxygens (including phenoxy) is 4. The van der Waals surface area contributed by atoms with Gasteiger partial charge in [0.15, 0.2) is 11.5 Å². The molecule has 2 rings (SSSR count). The van der Waals surface area contributed by atoms with E-state index in [0.29, 0.717) is 23.0 Å². The van der Waals surface area contributed by atoms with Gasteiger partial charge in [-0.15, -0.1) is 0 Å². The summed E-state index contributed by atoms with van der Waals surface area (Å²) in [6.45, 7) is 0. The van der Waals surface area contributed by atoms with Crippen molar-refractivity contribution in [3.63, 3.8) is 0 Å². The van der Waals surface area contributed by atoms with Crippen molar-refractivity contribution in [3.05, 3.63) is 30.3 Å². The molecule has 21 heavy (non-hydrogen) atoms. The standard InChI is InChI=1S/C16H18O5/c1-18-11-5-6-12(13(9-11)19-2)10-7-14(20-3)16(17)15(8-10)21-4/h5-9,17H,1-4H3. The number of rotatable bonds is 5. The number of phenols is 1. The van der Waals surface area contributed by atoms with Crippen molar-refractivity contribution >= 4 is 0 Å². The maximum atomic E-state index is 9.97. The minimum atomic E-state index is -0.0313. The summed E-state index contributed by atoms with van der Waals surface area (Å²) in [7, 11) is 6.17. The Morgan fingerprint density at radius 2 is 1.29 bits per heavy atom. The number of hydrogen-bond acceptors (Lipinski definition) is 5. The summed E-state index contributed by atoms with van der Waals surface area (Å²) in [6, 6.07) is 8.96. The summed E-state index contributed by atoms with van der Waals surface area (Å²) >= 11 is 0. The van der Waals surface area contributed by atoms with Crippen LogP contribution < -0.4 is 18.9 Å². The Labute approximate surface area is 123 Å². The highest BCUT2D eigenvalue weighted by Crippen LogP contribution is 2.43. The molecule has 2 aromatic carbocycles. The van der Waals surface area contributed by atoms with E-state index in [0.717, 1.165) is 11.1 Å². The maximum absolute atomic E-state index is 9.97. The first-order chi connectivity index (χ1) is 10.1. The van der Waals surface area contributed by atoms with Gasteiger partial charge in [-0.3, -0.25) is 0 Å². The molecule has 0 fully saturated rings. The van der Waals surface area contributed by atoms with Crippen molar-refractivity contribution in [3.8, 4) is 39.9 Å². The van der Waals surface area contributed by atoms with Gasteiger partial charge >= 0.3 is 0 Å². The Hall–Kier alpha value is -2.56. The third-order valence-corrected chi connectivity index (χ3v) is 3.20. The van der Waals surface area contributed by atoms with Crippen LogP contribution in [0.4, 0.5) is 0 Å². The molecule has 0 radical (unpaired) electrons. The molecule has 0 atom stereocenters. The molecule has 0 aliphatic heterocycles. The zero-order valence-corrected chi connectivity index (χ0v) is 12.5. The van der Waals surface area contributed by atoms with Crippen molar-refractivity contribution in [2.24, 2.45) is 0 Å². The van der Waals surface area contributed by atoms with Crippen molar-refractivity contribution in [1.82, 2.24) is 0 Å². The van der Waals surface area contributed by atoms with Crippen LogP contribution in [0.25, 0.3) is 11.1 Å². The van der Waals surface area contributed by atoms with Gasteiger partial charge in [0.1, 0.15) is 11.5 Å². The van der Waals surface area contributed by atoms with E-state index in [9.17, 15) is 5.11 Å². The highest BCUT2D eigenvalue weighted by atomic mass is 16.5. The largest absolute Gasteiger partial charge is 0.502 e. The SMILES string of the molecule is COc1ccc(-c2cc(OC)c(O)c(OC)c2)c(OC)c1. The van der Waals surface area contributed by atoms with Crippen LogP contribution in [0.2, 0.25) is 0 Å². The van der Waals surface area contributed by atoms with E-state index >= 15 is 0 Å². The molecule has 0 saturated heterocycles. The van der Waals surface area contributed by atoms with Crippen molar-refractivity contribution < 1.29 is 24.1 Å². The predicted octanol–water partition coefficient (Wildman–Crippen LogP) is 3.09. The Morgan fingerprint density at radius 1 is 0.714 bits per heavy atom. The minimum Gasteiger partial charge on any atom is -0.502 e. The van der Waals surface area contributed by atoms with E-state index < -0.39 is 0 Å². The van der Waals surface area contributed by atoms with Gasteiger partial charge in [-0.25, -0.2) is 0 Å². The first kappa shape index (κ1) is 14.8. The molecule has 5 heteroatoms. The fourth-order valence-corrected chi connectivity index (χ4v) is 2.09. The summed E-state index contributed by atoms with van der Waals surface area (Å²) in [5.74, 6) is 2.00. The molecule has 0 aliphatic rings. The van der Waals surface area contributed by atoms with E-state index in [1.807, 2.05) is 12.1 Å². The Kier molecular flexibility index (Phi) is 4.42. The molecule has 0 heterocycles. The third-order valence-electron chi connectivity index (χ3n) is 3.20. The quantitative estimate of drug-likeness (QED) is 0.917. The van der Waals surface area contributed by atoms with Gasteiger partial charge in [0.2, 0.25) is 5.75 Å². The fourth-order valence-electron chi connectivity index (χ4n) is 2.09. The van der Waals surface area contributed by atoms with Crippen LogP contribution in [0.3, 0.4) is 0 Å². The second-order valence-electron chi connectivity index (χ2n) is 4.30. The molecular formula is C16H18O5. The van der Waals surface area contributed by atoms with Gasteiger partial charge < -0.3 is 24.1 Å². The molecular weight excluding hydrogens is 272 g/mol. The monoisotopic (exact) mass is 290 g/mol. The van der Waals surface area contributed by atoms with Crippen LogP contribution in [0.5, 0.6) is 28.7 Å². The zero-order valence-electron chi connectivity index (χ0n) is 12.5. The van der Waals surface area contributed by atoms with E-state index in [1.165, 1.54) is 14.2 Å². The number of hydrogen-bond donors (Lipinski definition) is 1. The molecule has 1 N–H and O–H groups in total. The van der Waals surface area contributed by atoms with Gasteiger partial charge in [0.05, 0.1) is 28.4 Å². The lowest BCUT2D eigenvalue weighted by Gasteiger charge is -2.14. The smallest absolute Gasteiger partial charge is 0.200 e. The summed E-state index contributed by atoms with van der Waals surface area (Å²) in [5, 5.41) is 9.97. The van der Waals surface area contributed by atoms with Crippen LogP contribution in [-0.2, 0) is 0 Å². The topological polar surface area (TPSA) is 57.2 Å². The Morgan fingerprint density at radius 3 is 1.76 bits per heavy atom. The summed E-state index contributed by atoms with van der Waals surface area (Å²) in [4.78, 5) is 0. The van der Waals surface area contributed by atoms with Crippen LogP contribution in [0.15, 0.2) is 30.3 Å². The average Bonchev–Trinajstić information content (AvgIpc) is 2.54. The molecule has 0 bridgehead atoms. The van der Waals surface area contributed by atoms with Crippen LogP contribution in [-0.4, -0.2) is 33.5 Å². The van der Waals surface area contributed by atoms with Gasteiger partial charge in [-0.1, -0.05) is 0 Å². The molecule has 0 aromatic heterocycles. The second kappa shape index (κ2) is 6.26. The number of phenolic OH excluding ortho intramolecular Hbond substituents is 1. The van der Waals surface area contributed by atoms with Gasteiger partial charge in [0.25, 0.3) is 0 Å². The fraction of sp³-hybridized carbons (Fsp3) is 0.250.